The standard InChI is InChI=1S/C18H22/c1-18(2,3)14-17-12-8-7-11-16(17)13-15-9-5-4-6-10-15/h4-12H,13-14H2,1-3H3. The number of benzene rings is 2. The van der Waals surface area contributed by atoms with Crippen LogP contribution in [0.25, 0.3) is 0 Å². The average Bonchev–Trinajstić information content (AvgIpc) is 2.31. The Morgan fingerprint density at radius 3 is 1.89 bits per heavy atom. The molecular weight excluding hydrogens is 216 g/mol. The van der Waals surface area contributed by atoms with Gasteiger partial charge >= 0.3 is 0 Å². The predicted molar refractivity (Wildman–Crippen MR) is 78.8 cm³/mol. The summed E-state index contributed by atoms with van der Waals surface area (Å²) in [6.07, 6.45) is 2.17. The van der Waals surface area contributed by atoms with Gasteiger partial charge in [-0.25, -0.2) is 0 Å². The third-order valence-electron chi connectivity index (χ3n) is 3.08. The topological polar surface area (TPSA) is 0 Å². The van der Waals surface area contributed by atoms with Crippen molar-refractivity contribution >= 4 is 0 Å². The highest BCUT2D eigenvalue weighted by molar-refractivity contribution is 5.33. The zero-order valence-corrected chi connectivity index (χ0v) is 11.6. The van der Waals surface area contributed by atoms with Gasteiger partial charge in [0, 0.05) is 0 Å². The lowest BCUT2D eigenvalue weighted by atomic mass is 9.85. The van der Waals surface area contributed by atoms with Crippen molar-refractivity contribution in [3.8, 4) is 0 Å². The zero-order valence-electron chi connectivity index (χ0n) is 11.6. The molecule has 0 aromatic heterocycles. The lowest BCUT2D eigenvalue weighted by Crippen LogP contribution is -2.11. The van der Waals surface area contributed by atoms with E-state index in [-0.39, 0.29) is 0 Å². The van der Waals surface area contributed by atoms with E-state index in [1.807, 2.05) is 0 Å². The molecule has 0 radical (unpaired) electrons. The van der Waals surface area contributed by atoms with Gasteiger partial charge < -0.3 is 0 Å². The number of hydrogen-bond donors (Lipinski definition) is 0. The zero-order chi connectivity index (χ0) is 13.0. The van der Waals surface area contributed by atoms with Crippen LogP contribution in [0.15, 0.2) is 54.6 Å². The van der Waals surface area contributed by atoms with E-state index in [4.69, 9.17) is 0 Å². The second-order valence-electron chi connectivity index (χ2n) is 6.17. The molecule has 0 heterocycles. The fourth-order valence-corrected chi connectivity index (χ4v) is 2.29. The number of rotatable bonds is 3. The van der Waals surface area contributed by atoms with E-state index in [0.717, 1.165) is 12.8 Å². The first-order valence-corrected chi connectivity index (χ1v) is 6.65. The van der Waals surface area contributed by atoms with Crippen LogP contribution in [0.3, 0.4) is 0 Å². The van der Waals surface area contributed by atoms with Crippen LogP contribution in [0, 0.1) is 5.41 Å². The van der Waals surface area contributed by atoms with Crippen molar-refractivity contribution in [2.45, 2.75) is 33.6 Å². The van der Waals surface area contributed by atoms with E-state index in [1.54, 1.807) is 0 Å². The van der Waals surface area contributed by atoms with Crippen molar-refractivity contribution in [2.24, 2.45) is 5.41 Å². The fourth-order valence-electron chi connectivity index (χ4n) is 2.29. The largest absolute Gasteiger partial charge is 0.0622 e. The van der Waals surface area contributed by atoms with Gasteiger partial charge in [0.1, 0.15) is 0 Å². The highest BCUT2D eigenvalue weighted by atomic mass is 14.2. The molecule has 2 aromatic carbocycles. The van der Waals surface area contributed by atoms with E-state index in [0.29, 0.717) is 5.41 Å². The molecular formula is C18H22. The molecule has 0 atom stereocenters. The first-order valence-electron chi connectivity index (χ1n) is 6.65. The van der Waals surface area contributed by atoms with Gasteiger partial charge in [-0.1, -0.05) is 75.4 Å². The molecule has 0 unspecified atom stereocenters. The van der Waals surface area contributed by atoms with Crippen LogP contribution in [0.5, 0.6) is 0 Å². The Morgan fingerprint density at radius 2 is 1.28 bits per heavy atom. The van der Waals surface area contributed by atoms with Crippen LogP contribution < -0.4 is 0 Å². The van der Waals surface area contributed by atoms with E-state index in [2.05, 4.69) is 75.4 Å². The highest BCUT2D eigenvalue weighted by Gasteiger charge is 2.13. The molecule has 0 amide bonds. The molecule has 0 N–H and O–H groups in total. The maximum Gasteiger partial charge on any atom is -0.00230 e. The van der Waals surface area contributed by atoms with Crippen LogP contribution in [-0.2, 0) is 12.8 Å². The maximum atomic E-state index is 2.30. The third kappa shape index (κ3) is 3.73. The average molecular weight is 238 g/mol. The molecule has 0 fully saturated rings. The molecule has 0 aliphatic carbocycles. The van der Waals surface area contributed by atoms with Gasteiger partial charge in [-0.05, 0) is 34.9 Å². The molecule has 94 valence electrons. The summed E-state index contributed by atoms with van der Waals surface area (Å²) in [6, 6.07) is 19.5. The molecule has 0 saturated heterocycles. The summed E-state index contributed by atoms with van der Waals surface area (Å²) in [5.41, 5.74) is 4.67. The Labute approximate surface area is 111 Å². The van der Waals surface area contributed by atoms with Crippen molar-refractivity contribution in [3.05, 3.63) is 71.3 Å². The van der Waals surface area contributed by atoms with Crippen molar-refractivity contribution in [2.75, 3.05) is 0 Å². The maximum absolute atomic E-state index is 2.30. The molecule has 0 aliphatic heterocycles. The SMILES string of the molecule is CC(C)(C)Cc1ccccc1Cc1ccccc1. The Kier molecular flexibility index (Phi) is 3.86. The lowest BCUT2D eigenvalue weighted by Gasteiger charge is -2.20. The van der Waals surface area contributed by atoms with Gasteiger partial charge in [0.15, 0.2) is 0 Å². The molecule has 0 heteroatoms. The van der Waals surface area contributed by atoms with Crippen LogP contribution in [0.2, 0.25) is 0 Å². The van der Waals surface area contributed by atoms with Crippen LogP contribution in [-0.4, -0.2) is 0 Å². The normalized spacial score (nSPS) is 11.5. The molecule has 18 heavy (non-hydrogen) atoms. The van der Waals surface area contributed by atoms with Gasteiger partial charge in [0.25, 0.3) is 0 Å². The van der Waals surface area contributed by atoms with Gasteiger partial charge in [0.05, 0.1) is 0 Å². The smallest absolute Gasteiger partial charge is 0.00230 e. The molecule has 2 aromatic rings. The second-order valence-corrected chi connectivity index (χ2v) is 6.17. The van der Waals surface area contributed by atoms with Gasteiger partial charge in [-0.15, -0.1) is 0 Å². The Hall–Kier alpha value is -1.56. The Bertz CT molecular complexity index is 489. The molecule has 0 spiro atoms. The van der Waals surface area contributed by atoms with E-state index in [1.165, 1.54) is 16.7 Å². The quantitative estimate of drug-likeness (QED) is 0.716. The minimum atomic E-state index is 0.340. The summed E-state index contributed by atoms with van der Waals surface area (Å²) in [5.74, 6) is 0. The highest BCUT2D eigenvalue weighted by Crippen LogP contribution is 2.24. The van der Waals surface area contributed by atoms with Crippen molar-refractivity contribution in [1.82, 2.24) is 0 Å². The monoisotopic (exact) mass is 238 g/mol. The first kappa shape index (κ1) is 12.9. The summed E-state index contributed by atoms with van der Waals surface area (Å²) < 4.78 is 0. The first-order chi connectivity index (χ1) is 8.54. The Morgan fingerprint density at radius 1 is 0.722 bits per heavy atom. The van der Waals surface area contributed by atoms with Crippen molar-refractivity contribution < 1.29 is 0 Å². The molecule has 0 aliphatic rings. The third-order valence-corrected chi connectivity index (χ3v) is 3.08. The summed E-state index contributed by atoms with van der Waals surface area (Å²) in [6.45, 7) is 6.89. The van der Waals surface area contributed by atoms with Crippen molar-refractivity contribution in [3.63, 3.8) is 0 Å². The van der Waals surface area contributed by atoms with Gasteiger partial charge in [-0.2, -0.15) is 0 Å². The molecule has 0 saturated carbocycles. The number of hydrogen-bond acceptors (Lipinski definition) is 0. The molecule has 0 nitrogen and oxygen atoms in total. The lowest BCUT2D eigenvalue weighted by molar-refractivity contribution is 0.410. The van der Waals surface area contributed by atoms with Gasteiger partial charge in [-0.3, -0.25) is 0 Å². The molecule has 0 bridgehead atoms. The van der Waals surface area contributed by atoms with Crippen molar-refractivity contribution in [1.29, 1.82) is 0 Å². The minimum absolute atomic E-state index is 0.340. The summed E-state index contributed by atoms with van der Waals surface area (Å²) in [5, 5.41) is 0. The van der Waals surface area contributed by atoms with Crippen LogP contribution in [0.1, 0.15) is 37.5 Å². The van der Waals surface area contributed by atoms with Crippen LogP contribution in [0.4, 0.5) is 0 Å². The summed E-state index contributed by atoms with van der Waals surface area (Å²) >= 11 is 0. The Balaban J connectivity index is 2.23. The second kappa shape index (κ2) is 5.39. The fraction of sp³-hybridized carbons (Fsp3) is 0.333. The van der Waals surface area contributed by atoms with Crippen LogP contribution >= 0.6 is 0 Å². The summed E-state index contributed by atoms with van der Waals surface area (Å²) in [4.78, 5) is 0. The minimum Gasteiger partial charge on any atom is -0.0622 e. The molecule has 2 rings (SSSR count). The van der Waals surface area contributed by atoms with E-state index >= 15 is 0 Å². The van der Waals surface area contributed by atoms with E-state index in [9.17, 15) is 0 Å². The summed E-state index contributed by atoms with van der Waals surface area (Å²) in [7, 11) is 0. The van der Waals surface area contributed by atoms with Gasteiger partial charge in [0.2, 0.25) is 0 Å². The van der Waals surface area contributed by atoms with E-state index < -0.39 is 0 Å². The predicted octanol–water partition coefficient (Wildman–Crippen LogP) is 4.87.